The second-order valence-corrected chi connectivity index (χ2v) is 4.26. The third kappa shape index (κ3) is 3.16. The van der Waals surface area contributed by atoms with Crippen LogP contribution in [-0.4, -0.2) is 33.8 Å². The molecule has 22 heavy (non-hydrogen) atoms. The number of allylic oxidation sites excluding steroid dienone is 1. The molecule has 0 aromatic heterocycles. The molecule has 0 spiro atoms. The number of benzene rings is 1. The molecule has 3 N–H and O–H groups in total. The molecule has 0 saturated carbocycles. The maximum absolute atomic E-state index is 13.5. The highest BCUT2D eigenvalue weighted by atomic mass is 19.2. The Hall–Kier alpha value is -2.64. The number of carbonyl (C=O) groups is 2. The van der Waals surface area contributed by atoms with Crippen LogP contribution in [0.3, 0.4) is 0 Å². The van der Waals surface area contributed by atoms with Gasteiger partial charge in [-0.3, -0.25) is 0 Å². The number of nitrogens with zero attached hydrogens (tertiary/aromatic N) is 1. The Bertz CT molecular complexity index is 626. The van der Waals surface area contributed by atoms with Gasteiger partial charge < -0.3 is 20.2 Å². The normalized spacial score (nSPS) is 10.2. The third-order valence-electron chi connectivity index (χ3n) is 3.03. The van der Waals surface area contributed by atoms with Gasteiger partial charge in [0.25, 0.3) is 0 Å². The summed E-state index contributed by atoms with van der Waals surface area (Å²) in [7, 11) is 0. The molecule has 0 aliphatic carbocycles. The van der Waals surface area contributed by atoms with Crippen molar-refractivity contribution in [3.8, 4) is 5.75 Å². The van der Waals surface area contributed by atoms with E-state index in [1.165, 1.54) is 6.92 Å². The quantitative estimate of drug-likeness (QED) is 0.423. The van der Waals surface area contributed by atoms with Crippen molar-refractivity contribution in [2.75, 3.05) is 11.4 Å². The molecule has 0 aliphatic heterocycles. The van der Waals surface area contributed by atoms with Crippen LogP contribution in [0.1, 0.15) is 20.3 Å². The summed E-state index contributed by atoms with van der Waals surface area (Å²) in [5, 5.41) is 27.8. The maximum atomic E-state index is 13.5. The van der Waals surface area contributed by atoms with E-state index in [0.29, 0.717) is 0 Å². The summed E-state index contributed by atoms with van der Waals surface area (Å²) < 4.78 is 26.5. The number of carboxylic acid groups (broad SMARTS) is 2. The van der Waals surface area contributed by atoms with Gasteiger partial charge in [0.1, 0.15) is 0 Å². The molecule has 0 heterocycles. The molecule has 0 aliphatic rings. The van der Waals surface area contributed by atoms with Gasteiger partial charge in [0.15, 0.2) is 17.1 Å². The predicted molar refractivity (Wildman–Crippen MR) is 73.6 cm³/mol. The highest BCUT2D eigenvalue weighted by Crippen LogP contribution is 2.34. The summed E-state index contributed by atoms with van der Waals surface area (Å²) >= 11 is 0. The van der Waals surface area contributed by atoms with Crippen LogP contribution in [0.5, 0.6) is 5.75 Å². The molecule has 0 atom stereocenters. The Balaban J connectivity index is 3.59. The standard InChI is InChI=1S/C14H15F2NO5/c1-3-8(10(13(19)20)14(21)22)17(4-2)9-6-5-7(15)11(16)12(9)18/h5-6,18H,3-4H2,1-2H3,(H,19,20)(H,21,22). The molecule has 0 bridgehead atoms. The first-order valence-electron chi connectivity index (χ1n) is 6.40. The Morgan fingerprint density at radius 2 is 1.68 bits per heavy atom. The van der Waals surface area contributed by atoms with Crippen LogP contribution in [0, 0.1) is 11.6 Å². The van der Waals surface area contributed by atoms with E-state index in [1.54, 1.807) is 6.92 Å². The van der Waals surface area contributed by atoms with E-state index in [1.807, 2.05) is 0 Å². The zero-order valence-electron chi connectivity index (χ0n) is 11.9. The average Bonchev–Trinajstić information content (AvgIpc) is 2.45. The molecule has 1 rings (SSSR count). The highest BCUT2D eigenvalue weighted by Gasteiger charge is 2.27. The van der Waals surface area contributed by atoms with Gasteiger partial charge in [-0.2, -0.15) is 4.39 Å². The zero-order valence-corrected chi connectivity index (χ0v) is 11.9. The summed E-state index contributed by atoms with van der Waals surface area (Å²) in [4.78, 5) is 23.4. The lowest BCUT2D eigenvalue weighted by molar-refractivity contribution is -0.140. The first-order valence-corrected chi connectivity index (χ1v) is 6.40. The monoisotopic (exact) mass is 315 g/mol. The van der Waals surface area contributed by atoms with Crippen molar-refractivity contribution in [3.63, 3.8) is 0 Å². The van der Waals surface area contributed by atoms with Crippen molar-refractivity contribution >= 4 is 17.6 Å². The van der Waals surface area contributed by atoms with E-state index in [2.05, 4.69) is 0 Å². The van der Waals surface area contributed by atoms with Crippen LogP contribution in [0.15, 0.2) is 23.4 Å². The van der Waals surface area contributed by atoms with Crippen LogP contribution >= 0.6 is 0 Å². The molecule has 0 saturated heterocycles. The van der Waals surface area contributed by atoms with E-state index < -0.39 is 34.9 Å². The molecule has 0 fully saturated rings. The van der Waals surface area contributed by atoms with Gasteiger partial charge in [0, 0.05) is 12.2 Å². The third-order valence-corrected chi connectivity index (χ3v) is 3.03. The number of aromatic hydroxyl groups is 1. The van der Waals surface area contributed by atoms with E-state index in [9.17, 15) is 23.5 Å². The largest absolute Gasteiger partial charge is 0.503 e. The van der Waals surface area contributed by atoms with E-state index >= 15 is 0 Å². The van der Waals surface area contributed by atoms with Crippen molar-refractivity contribution in [3.05, 3.63) is 35.0 Å². The number of aliphatic carboxylic acids is 2. The van der Waals surface area contributed by atoms with Crippen LogP contribution in [0.2, 0.25) is 0 Å². The van der Waals surface area contributed by atoms with Crippen molar-refractivity contribution in [1.82, 2.24) is 0 Å². The number of hydrogen-bond donors (Lipinski definition) is 3. The number of rotatable bonds is 6. The topological polar surface area (TPSA) is 98.1 Å². The number of phenols is 1. The Morgan fingerprint density at radius 1 is 1.14 bits per heavy atom. The van der Waals surface area contributed by atoms with Crippen LogP contribution in [-0.2, 0) is 9.59 Å². The van der Waals surface area contributed by atoms with Crippen LogP contribution in [0.25, 0.3) is 0 Å². The second-order valence-electron chi connectivity index (χ2n) is 4.26. The maximum Gasteiger partial charge on any atom is 0.344 e. The lowest BCUT2D eigenvalue weighted by atomic mass is 10.1. The number of carboxylic acids is 2. The molecular weight excluding hydrogens is 300 g/mol. The summed E-state index contributed by atoms with van der Waals surface area (Å²) in [6.07, 6.45) is 0.000207. The smallest absolute Gasteiger partial charge is 0.344 e. The summed E-state index contributed by atoms with van der Waals surface area (Å²) in [6, 6.07) is 1.82. The number of halogens is 2. The molecule has 1 aromatic rings. The fraction of sp³-hybridized carbons (Fsp3) is 0.286. The molecule has 6 nitrogen and oxygen atoms in total. The van der Waals surface area contributed by atoms with Crippen molar-refractivity contribution in [2.24, 2.45) is 0 Å². The summed E-state index contributed by atoms with van der Waals surface area (Å²) in [5.41, 5.74) is -1.24. The molecule has 0 unspecified atom stereocenters. The molecule has 0 amide bonds. The minimum Gasteiger partial charge on any atom is -0.503 e. The summed E-state index contributed by atoms with van der Waals surface area (Å²) in [5.74, 6) is -7.09. The van der Waals surface area contributed by atoms with Gasteiger partial charge in [-0.1, -0.05) is 6.92 Å². The van der Waals surface area contributed by atoms with E-state index in [0.717, 1.165) is 17.0 Å². The van der Waals surface area contributed by atoms with Crippen molar-refractivity contribution in [2.45, 2.75) is 20.3 Å². The van der Waals surface area contributed by atoms with E-state index in [-0.39, 0.29) is 24.4 Å². The lowest BCUT2D eigenvalue weighted by Gasteiger charge is -2.27. The highest BCUT2D eigenvalue weighted by molar-refractivity contribution is 6.13. The van der Waals surface area contributed by atoms with Gasteiger partial charge >= 0.3 is 11.9 Å². The summed E-state index contributed by atoms with van der Waals surface area (Å²) in [6.45, 7) is 3.12. The van der Waals surface area contributed by atoms with Gasteiger partial charge in [-0.15, -0.1) is 0 Å². The van der Waals surface area contributed by atoms with Crippen LogP contribution < -0.4 is 4.90 Å². The number of phenolic OH excluding ortho intramolecular Hbond substituents is 1. The second kappa shape index (κ2) is 6.88. The zero-order chi connectivity index (χ0) is 17.0. The average molecular weight is 315 g/mol. The first-order chi connectivity index (χ1) is 10.3. The van der Waals surface area contributed by atoms with E-state index in [4.69, 9.17) is 10.2 Å². The van der Waals surface area contributed by atoms with Crippen molar-refractivity contribution in [1.29, 1.82) is 0 Å². The molecular formula is C14H15F2NO5. The fourth-order valence-corrected chi connectivity index (χ4v) is 2.10. The Kier molecular flexibility index (Phi) is 5.44. The lowest BCUT2D eigenvalue weighted by Crippen LogP contribution is -2.28. The molecule has 1 aromatic carbocycles. The first kappa shape index (κ1) is 17.4. The van der Waals surface area contributed by atoms with Gasteiger partial charge in [0.05, 0.1) is 5.69 Å². The van der Waals surface area contributed by atoms with Crippen molar-refractivity contribution < 1.29 is 33.7 Å². The fourth-order valence-electron chi connectivity index (χ4n) is 2.10. The molecule has 8 heteroatoms. The minimum atomic E-state index is -1.66. The minimum absolute atomic E-state index is 0.000207. The van der Waals surface area contributed by atoms with Crippen LogP contribution in [0.4, 0.5) is 14.5 Å². The molecule has 0 radical (unpaired) electrons. The number of anilines is 1. The SMILES string of the molecule is CCC(=C(C(=O)O)C(=O)O)N(CC)c1ccc(F)c(F)c1O. The Morgan fingerprint density at radius 3 is 2.09 bits per heavy atom. The van der Waals surface area contributed by atoms with Gasteiger partial charge in [0.2, 0.25) is 5.82 Å². The number of hydrogen-bond acceptors (Lipinski definition) is 4. The predicted octanol–water partition coefficient (Wildman–Crippen LogP) is 2.33. The van der Waals surface area contributed by atoms with Gasteiger partial charge in [-0.05, 0) is 25.5 Å². The Labute approximate surface area is 124 Å². The molecule has 120 valence electrons. The van der Waals surface area contributed by atoms with Gasteiger partial charge in [-0.25, -0.2) is 14.0 Å².